The predicted octanol–water partition coefficient (Wildman–Crippen LogP) is 4.27. The van der Waals surface area contributed by atoms with E-state index >= 15 is 0 Å². The summed E-state index contributed by atoms with van der Waals surface area (Å²) in [5.41, 5.74) is 1.32. The quantitative estimate of drug-likeness (QED) is 0.537. The minimum absolute atomic E-state index is 0.0825. The van der Waals surface area contributed by atoms with Crippen LogP contribution in [0.1, 0.15) is 74.8 Å². The fourth-order valence-corrected chi connectivity index (χ4v) is 5.16. The molecule has 7 nitrogen and oxygen atoms in total. The molecule has 31 heavy (non-hydrogen) atoms. The zero-order valence-electron chi connectivity index (χ0n) is 17.5. The van der Waals surface area contributed by atoms with E-state index in [1.54, 1.807) is 13.1 Å². The third-order valence-corrected chi connectivity index (χ3v) is 7.21. The van der Waals surface area contributed by atoms with Gasteiger partial charge in [-0.1, -0.05) is 6.07 Å². The zero-order chi connectivity index (χ0) is 21.2. The minimum Gasteiger partial charge on any atom is -0.310 e. The highest BCUT2D eigenvalue weighted by atomic mass is 19.1. The summed E-state index contributed by atoms with van der Waals surface area (Å²) < 4.78 is 18.1. The molecule has 1 N–H and O–H groups in total. The molecule has 4 aromatic heterocycles. The number of hydrogen-bond donors (Lipinski definition) is 1. The Kier molecular flexibility index (Phi) is 4.07. The molecule has 160 valence electrons. The van der Waals surface area contributed by atoms with E-state index < -0.39 is 5.67 Å². The summed E-state index contributed by atoms with van der Waals surface area (Å²) in [7, 11) is 0. The molecule has 0 aliphatic heterocycles. The molecule has 2 aliphatic carbocycles. The number of hydrogen-bond acceptors (Lipinski definition) is 4. The molecule has 0 amide bonds. The molecule has 4 aromatic rings. The molecular formula is C23H25FN6O. The Morgan fingerprint density at radius 3 is 2.68 bits per heavy atom. The molecule has 0 spiro atoms. The first-order valence-corrected chi connectivity index (χ1v) is 11.1. The number of halogens is 1. The van der Waals surface area contributed by atoms with Crippen molar-refractivity contribution in [2.75, 3.05) is 0 Å². The largest absolute Gasteiger partial charge is 0.310 e. The van der Waals surface area contributed by atoms with Crippen molar-refractivity contribution in [1.29, 1.82) is 0 Å². The number of nitrogens with one attached hydrogen (secondary N) is 1. The van der Waals surface area contributed by atoms with E-state index in [0.717, 1.165) is 24.2 Å². The SMILES string of the molecule is CC1(F)CCC(n2ncc3c(=O)[nH]c([C@@H]4CC[C@@H]4c4cn5ccccc5n4)nc32)CC1. The second-order valence-electron chi connectivity index (χ2n) is 9.34. The molecule has 2 fully saturated rings. The topological polar surface area (TPSA) is 80.9 Å². The molecule has 0 saturated heterocycles. The van der Waals surface area contributed by atoms with Gasteiger partial charge in [0.1, 0.15) is 22.5 Å². The standard InChI is InChI=1S/C23H25FN6O/c1-23(24)9-7-14(8-10-23)30-21-17(12-25-30)22(31)28-20(27-21)16-6-5-15(16)18-13-29-11-3-2-4-19(29)26-18/h2-4,11-16H,5-10H2,1H3,(H,27,28,31)/t14?,15-,16+,23?/m0/s1. The summed E-state index contributed by atoms with van der Waals surface area (Å²) in [5.74, 6) is 1.07. The molecule has 0 unspecified atom stereocenters. The van der Waals surface area contributed by atoms with E-state index in [2.05, 4.69) is 16.3 Å². The van der Waals surface area contributed by atoms with Crippen LogP contribution in [0.15, 0.2) is 41.6 Å². The number of aromatic nitrogens is 6. The van der Waals surface area contributed by atoms with E-state index in [0.29, 0.717) is 42.5 Å². The second kappa shape index (κ2) is 6.73. The predicted molar refractivity (Wildman–Crippen MR) is 115 cm³/mol. The molecule has 0 bridgehead atoms. The lowest BCUT2D eigenvalue weighted by molar-refractivity contribution is 0.103. The smallest absolute Gasteiger partial charge is 0.262 e. The van der Waals surface area contributed by atoms with Gasteiger partial charge >= 0.3 is 0 Å². The summed E-state index contributed by atoms with van der Waals surface area (Å²) >= 11 is 0. The highest BCUT2D eigenvalue weighted by molar-refractivity contribution is 5.73. The highest BCUT2D eigenvalue weighted by Gasteiger charge is 2.38. The average molecular weight is 420 g/mol. The van der Waals surface area contributed by atoms with Crippen LogP contribution < -0.4 is 5.56 Å². The fourth-order valence-electron chi connectivity index (χ4n) is 5.16. The maximum Gasteiger partial charge on any atom is 0.262 e. The normalized spacial score (nSPS) is 28.8. The van der Waals surface area contributed by atoms with E-state index in [-0.39, 0.29) is 23.4 Å². The number of H-pyrrole nitrogens is 1. The summed E-state index contributed by atoms with van der Waals surface area (Å²) in [6.07, 6.45) is 10.1. The monoisotopic (exact) mass is 420 g/mol. The third-order valence-electron chi connectivity index (χ3n) is 7.21. The number of alkyl halides is 1. The van der Waals surface area contributed by atoms with Crippen LogP contribution in [-0.2, 0) is 0 Å². The van der Waals surface area contributed by atoms with E-state index in [1.165, 1.54) is 0 Å². The Hall–Kier alpha value is -3.03. The summed E-state index contributed by atoms with van der Waals surface area (Å²) in [5, 5.41) is 4.97. The molecule has 0 radical (unpaired) electrons. The lowest BCUT2D eigenvalue weighted by atomic mass is 9.71. The van der Waals surface area contributed by atoms with Gasteiger partial charge in [0, 0.05) is 24.2 Å². The van der Waals surface area contributed by atoms with Gasteiger partial charge in [-0.3, -0.25) is 4.79 Å². The molecule has 4 heterocycles. The van der Waals surface area contributed by atoms with Gasteiger partial charge in [-0.2, -0.15) is 5.10 Å². The van der Waals surface area contributed by atoms with Crippen molar-refractivity contribution in [2.24, 2.45) is 0 Å². The van der Waals surface area contributed by atoms with Crippen LogP contribution in [0.3, 0.4) is 0 Å². The number of fused-ring (bicyclic) bond motifs is 2. The number of aromatic amines is 1. The van der Waals surface area contributed by atoms with Gasteiger partial charge in [-0.25, -0.2) is 19.0 Å². The van der Waals surface area contributed by atoms with Gasteiger partial charge in [-0.15, -0.1) is 0 Å². The van der Waals surface area contributed by atoms with Crippen LogP contribution in [0.25, 0.3) is 16.7 Å². The highest BCUT2D eigenvalue weighted by Crippen LogP contribution is 2.47. The Balaban J connectivity index is 1.35. The van der Waals surface area contributed by atoms with Crippen LogP contribution in [0.2, 0.25) is 0 Å². The number of nitrogens with zero attached hydrogens (tertiary/aromatic N) is 5. The summed E-state index contributed by atoms with van der Waals surface area (Å²) in [4.78, 5) is 25.5. The second-order valence-corrected chi connectivity index (χ2v) is 9.34. The van der Waals surface area contributed by atoms with Gasteiger partial charge in [0.15, 0.2) is 5.65 Å². The van der Waals surface area contributed by atoms with E-state index in [1.807, 2.05) is 33.5 Å². The number of rotatable bonds is 3. The van der Waals surface area contributed by atoms with Gasteiger partial charge in [0.05, 0.1) is 17.9 Å². The summed E-state index contributed by atoms with van der Waals surface area (Å²) in [6, 6.07) is 6.05. The first-order chi connectivity index (χ1) is 15.0. The lowest BCUT2D eigenvalue weighted by Gasteiger charge is -2.34. The van der Waals surface area contributed by atoms with Crippen molar-refractivity contribution in [3.05, 3.63) is 58.7 Å². The lowest BCUT2D eigenvalue weighted by Crippen LogP contribution is -2.29. The van der Waals surface area contributed by atoms with Gasteiger partial charge < -0.3 is 9.38 Å². The average Bonchev–Trinajstić information content (AvgIpc) is 3.31. The van der Waals surface area contributed by atoms with E-state index in [4.69, 9.17) is 9.97 Å². The van der Waals surface area contributed by atoms with Crippen LogP contribution in [0, 0.1) is 0 Å². The molecule has 2 saturated carbocycles. The van der Waals surface area contributed by atoms with Crippen LogP contribution in [-0.4, -0.2) is 34.8 Å². The van der Waals surface area contributed by atoms with Crippen molar-refractivity contribution in [1.82, 2.24) is 29.1 Å². The van der Waals surface area contributed by atoms with Crippen LogP contribution in [0.5, 0.6) is 0 Å². The molecule has 6 rings (SSSR count). The van der Waals surface area contributed by atoms with Gasteiger partial charge in [0.2, 0.25) is 0 Å². The molecular weight excluding hydrogens is 395 g/mol. The van der Waals surface area contributed by atoms with Crippen molar-refractivity contribution in [3.8, 4) is 0 Å². The van der Waals surface area contributed by atoms with Crippen molar-refractivity contribution in [3.63, 3.8) is 0 Å². The van der Waals surface area contributed by atoms with Crippen molar-refractivity contribution >= 4 is 16.7 Å². The molecule has 8 heteroatoms. The first kappa shape index (κ1) is 18.7. The van der Waals surface area contributed by atoms with Crippen molar-refractivity contribution < 1.29 is 4.39 Å². The molecule has 2 aliphatic rings. The maximum atomic E-state index is 14.3. The Morgan fingerprint density at radius 1 is 1.13 bits per heavy atom. The molecule has 0 aromatic carbocycles. The minimum atomic E-state index is -1.11. The van der Waals surface area contributed by atoms with E-state index in [9.17, 15) is 9.18 Å². The Labute approximate surface area is 178 Å². The van der Waals surface area contributed by atoms with Gasteiger partial charge in [-0.05, 0) is 57.6 Å². The van der Waals surface area contributed by atoms with Crippen LogP contribution in [0.4, 0.5) is 4.39 Å². The number of imidazole rings is 1. The Bertz CT molecular complexity index is 1290. The maximum absolute atomic E-state index is 14.3. The Morgan fingerprint density at radius 2 is 1.94 bits per heavy atom. The van der Waals surface area contributed by atoms with Crippen LogP contribution >= 0.6 is 0 Å². The first-order valence-electron chi connectivity index (χ1n) is 11.1. The molecule has 2 atom stereocenters. The third kappa shape index (κ3) is 3.07. The fraction of sp³-hybridized carbons (Fsp3) is 0.478. The van der Waals surface area contributed by atoms with Gasteiger partial charge in [0.25, 0.3) is 5.56 Å². The van der Waals surface area contributed by atoms with Crippen molar-refractivity contribution in [2.45, 2.75) is 69.0 Å². The summed E-state index contributed by atoms with van der Waals surface area (Å²) in [6.45, 7) is 1.67. The number of pyridine rings is 1. The zero-order valence-corrected chi connectivity index (χ0v) is 17.5.